The standard InChI is InChI=1S/C27H37Cl6NO6/c1-14(35)18-6-7-19-17-5-4-15-10-16(40-23(37)39-13-27(31,32)33)8-9-24(15,2)21(17)20(11-25(18,19)3)34-22(36)38-12-26(28,29)30/h15-21H,4-13H2,1-3H3,(H,34,36)/t15-,16-,17-,18+,19-,20+,21+,24-,25+/m0/s1. The maximum Gasteiger partial charge on any atom is 0.508 e. The molecule has 0 radical (unpaired) electrons. The van der Waals surface area contributed by atoms with Crippen LogP contribution < -0.4 is 5.32 Å². The molecule has 0 saturated heterocycles. The number of ether oxygens (including phenoxy) is 3. The number of rotatable bonds is 5. The Labute approximate surface area is 265 Å². The number of fused-ring (bicyclic) bond motifs is 5. The number of hydrogen-bond acceptors (Lipinski definition) is 6. The van der Waals surface area contributed by atoms with E-state index in [1.165, 1.54) is 0 Å². The van der Waals surface area contributed by atoms with E-state index in [0.29, 0.717) is 31.1 Å². The van der Waals surface area contributed by atoms with Gasteiger partial charge in [-0.1, -0.05) is 83.5 Å². The summed E-state index contributed by atoms with van der Waals surface area (Å²) in [5, 5.41) is 3.13. The van der Waals surface area contributed by atoms with Crippen LogP contribution in [0.15, 0.2) is 0 Å². The van der Waals surface area contributed by atoms with Gasteiger partial charge in [0.15, 0.2) is 0 Å². The largest absolute Gasteiger partial charge is 0.508 e. The Morgan fingerprint density at radius 2 is 1.52 bits per heavy atom. The molecular weight excluding hydrogens is 647 g/mol. The summed E-state index contributed by atoms with van der Waals surface area (Å²) in [6, 6.07) is -0.214. The van der Waals surface area contributed by atoms with Crippen LogP contribution in [0.3, 0.4) is 0 Å². The summed E-state index contributed by atoms with van der Waals surface area (Å²) >= 11 is 34.5. The number of amides is 1. The van der Waals surface area contributed by atoms with Crippen LogP contribution in [-0.4, -0.2) is 51.0 Å². The molecule has 1 N–H and O–H groups in total. The molecule has 9 atom stereocenters. The molecule has 0 bridgehead atoms. The highest BCUT2D eigenvalue weighted by atomic mass is 35.6. The van der Waals surface area contributed by atoms with Gasteiger partial charge in [0, 0.05) is 12.0 Å². The van der Waals surface area contributed by atoms with Crippen LogP contribution in [0.1, 0.15) is 72.1 Å². The summed E-state index contributed by atoms with van der Waals surface area (Å²) in [5.74, 6) is 1.34. The van der Waals surface area contributed by atoms with E-state index in [1.807, 2.05) is 0 Å². The van der Waals surface area contributed by atoms with E-state index in [-0.39, 0.29) is 53.1 Å². The van der Waals surface area contributed by atoms with Crippen molar-refractivity contribution >= 4 is 87.6 Å². The van der Waals surface area contributed by atoms with Gasteiger partial charge in [-0.05, 0) is 92.8 Å². The van der Waals surface area contributed by atoms with Crippen molar-refractivity contribution in [3.8, 4) is 0 Å². The van der Waals surface area contributed by atoms with Crippen molar-refractivity contribution in [1.82, 2.24) is 5.32 Å². The van der Waals surface area contributed by atoms with Gasteiger partial charge >= 0.3 is 12.2 Å². The smallest absolute Gasteiger partial charge is 0.445 e. The summed E-state index contributed by atoms with van der Waals surface area (Å²) in [6.07, 6.45) is 4.87. The van der Waals surface area contributed by atoms with Gasteiger partial charge in [-0.3, -0.25) is 4.79 Å². The molecule has 0 heterocycles. The summed E-state index contributed by atoms with van der Waals surface area (Å²) in [6.45, 7) is 5.44. The first-order valence-corrected chi connectivity index (χ1v) is 16.1. The highest BCUT2D eigenvalue weighted by Crippen LogP contribution is 2.67. The molecule has 4 fully saturated rings. The van der Waals surface area contributed by atoms with Gasteiger partial charge in [0.2, 0.25) is 7.59 Å². The van der Waals surface area contributed by atoms with E-state index in [9.17, 15) is 14.4 Å². The highest BCUT2D eigenvalue weighted by molar-refractivity contribution is 6.68. The average Bonchev–Trinajstić information content (AvgIpc) is 3.17. The van der Waals surface area contributed by atoms with E-state index in [0.717, 1.165) is 32.1 Å². The van der Waals surface area contributed by atoms with Crippen LogP contribution in [-0.2, 0) is 19.0 Å². The van der Waals surface area contributed by atoms with Crippen molar-refractivity contribution in [2.75, 3.05) is 13.2 Å². The second kappa shape index (κ2) is 12.1. The van der Waals surface area contributed by atoms with Crippen LogP contribution in [0.25, 0.3) is 0 Å². The minimum Gasteiger partial charge on any atom is -0.445 e. The van der Waals surface area contributed by atoms with Crippen molar-refractivity contribution < 1.29 is 28.6 Å². The van der Waals surface area contributed by atoms with E-state index >= 15 is 0 Å². The van der Waals surface area contributed by atoms with Gasteiger partial charge in [-0.25, -0.2) is 9.59 Å². The monoisotopic (exact) mass is 681 g/mol. The van der Waals surface area contributed by atoms with E-state index in [4.69, 9.17) is 83.8 Å². The molecule has 0 unspecified atom stereocenters. The molecule has 1 amide bonds. The number of ketones is 1. The quantitative estimate of drug-likeness (QED) is 0.232. The van der Waals surface area contributed by atoms with Crippen molar-refractivity contribution in [2.24, 2.45) is 40.4 Å². The average molecular weight is 684 g/mol. The number of carbonyl (C=O) groups excluding carboxylic acids is 3. The predicted octanol–water partition coefficient (Wildman–Crippen LogP) is 8.20. The first-order valence-electron chi connectivity index (χ1n) is 13.8. The molecule has 0 aliphatic heterocycles. The normalized spacial score (nSPS) is 39.3. The molecule has 40 heavy (non-hydrogen) atoms. The molecule has 4 aliphatic carbocycles. The number of halogens is 6. The molecule has 0 aromatic rings. The molecule has 4 aliphatic rings. The zero-order valence-electron chi connectivity index (χ0n) is 22.8. The van der Waals surface area contributed by atoms with E-state index in [1.54, 1.807) is 6.92 Å². The molecule has 0 aromatic heterocycles. The molecule has 4 saturated carbocycles. The minimum atomic E-state index is -1.71. The molecule has 13 heteroatoms. The van der Waals surface area contributed by atoms with E-state index < -0.39 is 26.4 Å². The number of alkyl halides is 6. The van der Waals surface area contributed by atoms with Gasteiger partial charge in [0.05, 0.1) is 0 Å². The van der Waals surface area contributed by atoms with Gasteiger partial charge in [0.1, 0.15) is 25.1 Å². The second-order valence-electron chi connectivity index (χ2n) is 12.6. The SMILES string of the molecule is CC(=O)[C@H]1CC[C@H]2[C@@H]3CC[C@H]4C[C@@H](OC(=O)OCC(Cl)(Cl)Cl)CC[C@]4(C)[C@H]3[C@H](NC(=O)OCC(Cl)(Cl)Cl)C[C@]12C. The second-order valence-corrected chi connectivity index (χ2v) is 17.7. The Hall–Kier alpha value is -0.0500. The van der Waals surface area contributed by atoms with Gasteiger partial charge in [0.25, 0.3) is 0 Å². The number of hydrogen-bond donors (Lipinski definition) is 1. The molecule has 7 nitrogen and oxygen atoms in total. The zero-order valence-corrected chi connectivity index (χ0v) is 27.4. The third-order valence-electron chi connectivity index (χ3n) is 10.4. The van der Waals surface area contributed by atoms with Crippen LogP contribution in [0.2, 0.25) is 0 Å². The van der Waals surface area contributed by atoms with Gasteiger partial charge in [-0.2, -0.15) is 0 Å². The molecular formula is C27H37Cl6NO6. The van der Waals surface area contributed by atoms with Gasteiger partial charge < -0.3 is 19.5 Å². The summed E-state index contributed by atoms with van der Waals surface area (Å²) in [7, 11) is 0. The first kappa shape index (κ1) is 32.9. The lowest BCUT2D eigenvalue weighted by Crippen LogP contribution is -2.63. The number of carbonyl (C=O) groups is 3. The molecule has 0 aromatic carbocycles. The Bertz CT molecular complexity index is 988. The fraction of sp³-hybridized carbons (Fsp3) is 0.889. The topological polar surface area (TPSA) is 90.9 Å². The number of Topliss-reactive ketones (excluding diaryl/α,β-unsaturated/α-hetero) is 1. The third-order valence-corrected chi connectivity index (χ3v) is 11.0. The van der Waals surface area contributed by atoms with Crippen LogP contribution in [0, 0.1) is 40.4 Å². The molecule has 228 valence electrons. The van der Waals surface area contributed by atoms with Crippen molar-refractivity contribution in [3.63, 3.8) is 0 Å². The third kappa shape index (κ3) is 7.18. The molecule has 4 rings (SSSR count). The van der Waals surface area contributed by atoms with Crippen LogP contribution in [0.5, 0.6) is 0 Å². The molecule has 0 spiro atoms. The Morgan fingerprint density at radius 3 is 2.15 bits per heavy atom. The lowest BCUT2D eigenvalue weighted by atomic mass is 9.43. The predicted molar refractivity (Wildman–Crippen MR) is 156 cm³/mol. The maximum absolute atomic E-state index is 12.9. The lowest BCUT2D eigenvalue weighted by Gasteiger charge is -2.63. The lowest BCUT2D eigenvalue weighted by molar-refractivity contribution is -0.148. The first-order chi connectivity index (χ1) is 18.4. The fourth-order valence-corrected chi connectivity index (χ4v) is 9.29. The highest BCUT2D eigenvalue weighted by Gasteiger charge is 2.64. The summed E-state index contributed by atoms with van der Waals surface area (Å²) in [5.41, 5.74) is -0.330. The van der Waals surface area contributed by atoms with Gasteiger partial charge in [-0.15, -0.1) is 0 Å². The van der Waals surface area contributed by atoms with Crippen LogP contribution in [0.4, 0.5) is 9.59 Å². The van der Waals surface area contributed by atoms with Crippen molar-refractivity contribution in [3.05, 3.63) is 0 Å². The maximum atomic E-state index is 12.9. The zero-order chi connectivity index (χ0) is 29.7. The van der Waals surface area contributed by atoms with E-state index in [2.05, 4.69) is 19.2 Å². The van der Waals surface area contributed by atoms with Crippen LogP contribution >= 0.6 is 69.6 Å². The Morgan fingerprint density at radius 1 is 0.875 bits per heavy atom. The van der Waals surface area contributed by atoms with Crippen molar-refractivity contribution in [2.45, 2.75) is 91.9 Å². The Balaban J connectivity index is 1.54. The summed E-state index contributed by atoms with van der Waals surface area (Å²) in [4.78, 5) is 37.9. The van der Waals surface area contributed by atoms with Crippen molar-refractivity contribution in [1.29, 1.82) is 0 Å². The Kier molecular flexibility index (Phi) is 9.98. The number of nitrogens with one attached hydrogen (secondary N) is 1. The fourth-order valence-electron chi connectivity index (χ4n) is 8.97. The minimum absolute atomic E-state index is 0.0340. The number of alkyl carbamates (subject to hydrolysis) is 1. The summed E-state index contributed by atoms with van der Waals surface area (Å²) < 4.78 is 12.4.